The monoisotopic (exact) mass is 244 g/mol. The first-order chi connectivity index (χ1) is 8.63. The minimum absolute atomic E-state index is 0.243. The Hall–Kier alpha value is -2.10. The summed E-state index contributed by atoms with van der Waals surface area (Å²) in [5.74, 6) is -0.943. The van der Waals surface area contributed by atoms with E-state index in [1.54, 1.807) is 11.6 Å². The SMILES string of the molecule is CCCc1ccc(-n2ncc(C(=O)O)c2C)cc1. The van der Waals surface area contributed by atoms with Gasteiger partial charge in [-0.1, -0.05) is 25.5 Å². The fourth-order valence-electron chi connectivity index (χ4n) is 1.97. The largest absolute Gasteiger partial charge is 0.478 e. The molecule has 4 heteroatoms. The second-order valence-corrected chi connectivity index (χ2v) is 4.28. The molecule has 2 aromatic rings. The van der Waals surface area contributed by atoms with Gasteiger partial charge in [-0.15, -0.1) is 0 Å². The zero-order chi connectivity index (χ0) is 13.1. The summed E-state index contributed by atoms with van der Waals surface area (Å²) in [7, 11) is 0. The molecule has 4 nitrogen and oxygen atoms in total. The van der Waals surface area contributed by atoms with E-state index in [1.807, 2.05) is 12.1 Å². The predicted molar refractivity (Wildman–Crippen MR) is 69.3 cm³/mol. The third kappa shape index (κ3) is 2.27. The molecule has 94 valence electrons. The zero-order valence-corrected chi connectivity index (χ0v) is 10.6. The smallest absolute Gasteiger partial charge is 0.339 e. The van der Waals surface area contributed by atoms with E-state index in [0.717, 1.165) is 18.5 Å². The second kappa shape index (κ2) is 5.04. The van der Waals surface area contributed by atoms with Crippen LogP contribution in [0, 0.1) is 6.92 Å². The van der Waals surface area contributed by atoms with Gasteiger partial charge in [0.25, 0.3) is 0 Å². The lowest BCUT2D eigenvalue weighted by molar-refractivity contribution is 0.0696. The molecule has 0 aliphatic heterocycles. The topological polar surface area (TPSA) is 55.1 Å². The molecule has 0 fully saturated rings. The summed E-state index contributed by atoms with van der Waals surface area (Å²) < 4.78 is 1.65. The Balaban J connectivity index is 2.34. The lowest BCUT2D eigenvalue weighted by Crippen LogP contribution is -2.02. The molecule has 1 aromatic carbocycles. The molecule has 0 saturated heterocycles. The maximum Gasteiger partial charge on any atom is 0.339 e. The molecule has 18 heavy (non-hydrogen) atoms. The molecule has 0 spiro atoms. The Morgan fingerprint density at radius 1 is 1.33 bits per heavy atom. The van der Waals surface area contributed by atoms with E-state index in [4.69, 9.17) is 5.11 Å². The van der Waals surface area contributed by atoms with Crippen molar-refractivity contribution in [3.05, 3.63) is 47.3 Å². The molecule has 1 aromatic heterocycles. The van der Waals surface area contributed by atoms with Crippen LogP contribution in [0.3, 0.4) is 0 Å². The summed E-state index contributed by atoms with van der Waals surface area (Å²) in [5.41, 5.74) is 3.06. The molecule has 0 unspecified atom stereocenters. The highest BCUT2D eigenvalue weighted by Crippen LogP contribution is 2.15. The molecule has 0 bridgehead atoms. The molecule has 0 radical (unpaired) electrons. The number of aromatic nitrogens is 2. The van der Waals surface area contributed by atoms with Gasteiger partial charge >= 0.3 is 5.97 Å². The van der Waals surface area contributed by atoms with E-state index in [-0.39, 0.29) is 5.56 Å². The van der Waals surface area contributed by atoms with Gasteiger partial charge in [-0.25, -0.2) is 9.48 Å². The van der Waals surface area contributed by atoms with Crippen LogP contribution >= 0.6 is 0 Å². The molecule has 0 amide bonds. The van der Waals surface area contributed by atoms with Gasteiger partial charge in [-0.2, -0.15) is 5.10 Å². The Bertz CT molecular complexity index is 556. The summed E-state index contributed by atoms with van der Waals surface area (Å²) in [6.45, 7) is 3.90. The molecule has 0 atom stereocenters. The van der Waals surface area contributed by atoms with Crippen LogP contribution in [0.15, 0.2) is 30.5 Å². The van der Waals surface area contributed by atoms with Crippen LogP contribution in [-0.4, -0.2) is 20.9 Å². The van der Waals surface area contributed by atoms with Crippen molar-refractivity contribution in [3.8, 4) is 5.69 Å². The fraction of sp³-hybridized carbons (Fsp3) is 0.286. The molecular formula is C14H16N2O2. The molecular weight excluding hydrogens is 228 g/mol. The molecule has 0 aliphatic carbocycles. The number of aryl methyl sites for hydroxylation is 1. The van der Waals surface area contributed by atoms with Gasteiger partial charge in [0.05, 0.1) is 17.6 Å². The lowest BCUT2D eigenvalue weighted by atomic mass is 10.1. The highest BCUT2D eigenvalue weighted by atomic mass is 16.4. The van der Waals surface area contributed by atoms with Crippen molar-refractivity contribution in [1.29, 1.82) is 0 Å². The van der Waals surface area contributed by atoms with Crippen LogP contribution in [0.2, 0.25) is 0 Å². The van der Waals surface area contributed by atoms with E-state index in [0.29, 0.717) is 5.69 Å². The third-order valence-corrected chi connectivity index (χ3v) is 2.96. The predicted octanol–water partition coefficient (Wildman–Crippen LogP) is 2.83. The van der Waals surface area contributed by atoms with Crippen LogP contribution < -0.4 is 0 Å². The lowest BCUT2D eigenvalue weighted by Gasteiger charge is -2.06. The molecule has 1 heterocycles. The number of rotatable bonds is 4. The number of aromatic carboxylic acids is 1. The van der Waals surface area contributed by atoms with Crippen molar-refractivity contribution in [3.63, 3.8) is 0 Å². The van der Waals surface area contributed by atoms with Crippen LogP contribution in [-0.2, 0) is 6.42 Å². The van der Waals surface area contributed by atoms with Crippen molar-refractivity contribution < 1.29 is 9.90 Å². The van der Waals surface area contributed by atoms with Crippen molar-refractivity contribution in [2.45, 2.75) is 26.7 Å². The van der Waals surface area contributed by atoms with Crippen molar-refractivity contribution in [1.82, 2.24) is 9.78 Å². The van der Waals surface area contributed by atoms with Crippen LogP contribution in [0.25, 0.3) is 5.69 Å². The van der Waals surface area contributed by atoms with Gasteiger partial charge in [-0.3, -0.25) is 0 Å². The van der Waals surface area contributed by atoms with Gasteiger partial charge in [0.15, 0.2) is 0 Å². The van der Waals surface area contributed by atoms with Gasteiger partial charge in [0.1, 0.15) is 5.56 Å². The number of benzene rings is 1. The zero-order valence-electron chi connectivity index (χ0n) is 10.6. The normalized spacial score (nSPS) is 10.6. The number of carboxylic acids is 1. The standard InChI is InChI=1S/C14H16N2O2/c1-3-4-11-5-7-12(8-6-11)16-10(2)13(9-15-16)14(17)18/h5-9H,3-4H2,1-2H3,(H,17,18). The van der Waals surface area contributed by atoms with E-state index in [1.165, 1.54) is 11.8 Å². The van der Waals surface area contributed by atoms with E-state index < -0.39 is 5.97 Å². The van der Waals surface area contributed by atoms with Crippen molar-refractivity contribution in [2.75, 3.05) is 0 Å². The second-order valence-electron chi connectivity index (χ2n) is 4.28. The number of hydrogen-bond acceptors (Lipinski definition) is 2. The maximum atomic E-state index is 11.0. The van der Waals surface area contributed by atoms with Crippen LogP contribution in [0.5, 0.6) is 0 Å². The first-order valence-electron chi connectivity index (χ1n) is 6.00. The molecule has 1 N–H and O–H groups in total. The summed E-state index contributed by atoms with van der Waals surface area (Å²) >= 11 is 0. The summed E-state index contributed by atoms with van der Waals surface area (Å²) in [5, 5.41) is 13.1. The molecule has 0 saturated carbocycles. The first-order valence-corrected chi connectivity index (χ1v) is 6.00. The van der Waals surface area contributed by atoms with Gasteiger partial charge in [-0.05, 0) is 31.0 Å². The number of hydrogen-bond donors (Lipinski definition) is 1. The highest BCUT2D eigenvalue weighted by Gasteiger charge is 2.13. The van der Waals surface area contributed by atoms with Crippen LogP contribution in [0.1, 0.15) is 35.0 Å². The Morgan fingerprint density at radius 3 is 2.50 bits per heavy atom. The molecule has 2 rings (SSSR count). The van der Waals surface area contributed by atoms with Gasteiger partial charge in [0, 0.05) is 0 Å². The Kier molecular flexibility index (Phi) is 3.46. The first kappa shape index (κ1) is 12.4. The van der Waals surface area contributed by atoms with E-state index in [2.05, 4.69) is 24.2 Å². The van der Waals surface area contributed by atoms with Crippen molar-refractivity contribution >= 4 is 5.97 Å². The third-order valence-electron chi connectivity index (χ3n) is 2.96. The Labute approximate surface area is 106 Å². The summed E-state index contributed by atoms with van der Waals surface area (Å²) in [6, 6.07) is 8.05. The van der Waals surface area contributed by atoms with E-state index >= 15 is 0 Å². The minimum atomic E-state index is -0.943. The highest BCUT2D eigenvalue weighted by molar-refractivity contribution is 5.88. The van der Waals surface area contributed by atoms with Gasteiger partial charge < -0.3 is 5.11 Å². The number of nitrogens with zero attached hydrogens (tertiary/aromatic N) is 2. The fourth-order valence-corrected chi connectivity index (χ4v) is 1.97. The maximum absolute atomic E-state index is 11.0. The van der Waals surface area contributed by atoms with Gasteiger partial charge in [0.2, 0.25) is 0 Å². The number of carbonyl (C=O) groups is 1. The minimum Gasteiger partial charge on any atom is -0.478 e. The quantitative estimate of drug-likeness (QED) is 0.899. The van der Waals surface area contributed by atoms with Crippen LogP contribution in [0.4, 0.5) is 0 Å². The Morgan fingerprint density at radius 2 is 2.00 bits per heavy atom. The van der Waals surface area contributed by atoms with E-state index in [9.17, 15) is 4.79 Å². The van der Waals surface area contributed by atoms with Crippen molar-refractivity contribution in [2.24, 2.45) is 0 Å². The average molecular weight is 244 g/mol. The average Bonchev–Trinajstić information content (AvgIpc) is 2.73. The number of carboxylic acid groups (broad SMARTS) is 1. The summed E-state index contributed by atoms with van der Waals surface area (Å²) in [4.78, 5) is 11.0. The summed E-state index contributed by atoms with van der Waals surface area (Å²) in [6.07, 6.45) is 3.56. The molecule has 0 aliphatic rings.